The van der Waals surface area contributed by atoms with Gasteiger partial charge in [0.25, 0.3) is 0 Å². The third-order valence-electron chi connectivity index (χ3n) is 5.03. The highest BCUT2D eigenvalue weighted by atomic mass is 32.1. The van der Waals surface area contributed by atoms with E-state index in [1.807, 2.05) is 16.3 Å². The Balaban J connectivity index is 1.54. The van der Waals surface area contributed by atoms with E-state index < -0.39 is 0 Å². The van der Waals surface area contributed by atoms with Gasteiger partial charge in [-0.25, -0.2) is 4.68 Å². The Hall–Kier alpha value is -1.76. The lowest BCUT2D eigenvalue weighted by molar-refractivity contribution is 0.181. The number of aryl methyl sites for hydroxylation is 1. The van der Waals surface area contributed by atoms with Crippen LogP contribution in [0.25, 0.3) is 0 Å². The molecule has 3 aromatic rings. The van der Waals surface area contributed by atoms with Gasteiger partial charge in [-0.05, 0) is 54.7 Å². The number of thiophene rings is 1. The minimum Gasteiger partial charge on any atom is -0.307 e. The van der Waals surface area contributed by atoms with Gasteiger partial charge in [0.1, 0.15) is 5.82 Å². The molecule has 1 aliphatic carbocycles. The van der Waals surface area contributed by atoms with E-state index in [1.54, 1.807) is 11.3 Å². The molecule has 2 heterocycles. The fourth-order valence-corrected chi connectivity index (χ4v) is 4.56. The Bertz CT molecular complexity index is 923. The van der Waals surface area contributed by atoms with Gasteiger partial charge < -0.3 is 4.57 Å². The topological polar surface area (TPSA) is 26.0 Å². The maximum Gasteiger partial charge on any atom is 0.198 e. The molecule has 0 saturated heterocycles. The second-order valence-corrected chi connectivity index (χ2v) is 8.06. The minimum atomic E-state index is 0.445. The van der Waals surface area contributed by atoms with Crippen LogP contribution in [0.5, 0.6) is 0 Å². The molecule has 0 spiro atoms. The number of aromatic nitrogens is 3. The van der Waals surface area contributed by atoms with E-state index in [1.165, 1.54) is 16.0 Å². The third kappa shape index (κ3) is 3.21. The van der Waals surface area contributed by atoms with Crippen molar-refractivity contribution in [2.45, 2.75) is 32.0 Å². The van der Waals surface area contributed by atoms with Crippen LogP contribution in [-0.4, -0.2) is 26.3 Å². The van der Waals surface area contributed by atoms with Gasteiger partial charge in [0, 0.05) is 24.4 Å². The Morgan fingerprint density at radius 2 is 2.12 bits per heavy atom. The zero-order valence-electron chi connectivity index (χ0n) is 14.6. The van der Waals surface area contributed by atoms with Crippen molar-refractivity contribution in [2.75, 3.05) is 7.05 Å². The molecule has 0 N–H and O–H groups in total. The molecule has 0 amide bonds. The fraction of sp³-hybridized carbons (Fsp3) is 0.368. The summed E-state index contributed by atoms with van der Waals surface area (Å²) in [6.07, 6.45) is 3.15. The molecule has 2 aromatic heterocycles. The Labute approximate surface area is 157 Å². The molecule has 0 saturated carbocycles. The van der Waals surface area contributed by atoms with Crippen molar-refractivity contribution in [3.8, 4) is 0 Å². The monoisotopic (exact) mass is 370 g/mol. The Morgan fingerprint density at radius 1 is 1.28 bits per heavy atom. The van der Waals surface area contributed by atoms with Crippen LogP contribution in [0.15, 0.2) is 41.8 Å². The molecule has 0 bridgehead atoms. The fourth-order valence-electron chi connectivity index (χ4n) is 3.65. The maximum absolute atomic E-state index is 5.62. The van der Waals surface area contributed by atoms with E-state index in [0.717, 1.165) is 36.5 Å². The van der Waals surface area contributed by atoms with Crippen molar-refractivity contribution in [3.63, 3.8) is 0 Å². The molecule has 1 aliphatic rings. The van der Waals surface area contributed by atoms with Crippen molar-refractivity contribution in [2.24, 2.45) is 7.05 Å². The van der Waals surface area contributed by atoms with Gasteiger partial charge in [0.2, 0.25) is 0 Å². The zero-order valence-corrected chi connectivity index (χ0v) is 16.2. The normalized spacial score (nSPS) is 16.5. The summed E-state index contributed by atoms with van der Waals surface area (Å²) in [5, 5.41) is 6.90. The van der Waals surface area contributed by atoms with Crippen LogP contribution < -0.4 is 0 Å². The predicted molar refractivity (Wildman–Crippen MR) is 104 cm³/mol. The van der Waals surface area contributed by atoms with Crippen LogP contribution in [-0.2, 0) is 26.6 Å². The highest BCUT2D eigenvalue weighted by Gasteiger charge is 2.26. The molecule has 1 atom stereocenters. The molecular weight excluding hydrogens is 348 g/mol. The highest BCUT2D eigenvalue weighted by Crippen LogP contribution is 2.34. The molecule has 0 radical (unpaired) electrons. The van der Waals surface area contributed by atoms with Crippen molar-refractivity contribution < 1.29 is 0 Å². The van der Waals surface area contributed by atoms with E-state index in [2.05, 4.69) is 53.7 Å². The standard InChI is InChI=1S/C19H22N4S2/c1-21(17-10-9-14-6-3-4-8-16(14)17)13-23-19(24)22(2)18(20-23)12-15-7-5-11-25-15/h3-8,11,17H,9-10,12-13H2,1-2H3. The summed E-state index contributed by atoms with van der Waals surface area (Å²) < 4.78 is 4.77. The van der Waals surface area contributed by atoms with E-state index in [4.69, 9.17) is 17.3 Å². The van der Waals surface area contributed by atoms with Crippen LogP contribution in [0.3, 0.4) is 0 Å². The molecular formula is C19H22N4S2. The van der Waals surface area contributed by atoms with Crippen molar-refractivity contribution in [1.29, 1.82) is 0 Å². The lowest BCUT2D eigenvalue weighted by atomic mass is 10.1. The summed E-state index contributed by atoms with van der Waals surface area (Å²) in [6.45, 7) is 0.718. The third-order valence-corrected chi connectivity index (χ3v) is 6.39. The predicted octanol–water partition coefficient (Wildman–Crippen LogP) is 4.18. The summed E-state index contributed by atoms with van der Waals surface area (Å²) >= 11 is 7.38. The molecule has 0 aliphatic heterocycles. The molecule has 4 rings (SSSR count). The Morgan fingerprint density at radius 3 is 2.92 bits per heavy atom. The van der Waals surface area contributed by atoms with Gasteiger partial charge in [-0.3, -0.25) is 4.90 Å². The number of benzene rings is 1. The van der Waals surface area contributed by atoms with Crippen LogP contribution in [0.1, 0.15) is 34.3 Å². The summed E-state index contributed by atoms with van der Waals surface area (Å²) in [5.74, 6) is 1.02. The SMILES string of the molecule is CN(Cn1nc(Cc2cccs2)n(C)c1=S)C1CCc2ccccc21. The Kier molecular flexibility index (Phi) is 4.58. The summed E-state index contributed by atoms with van der Waals surface area (Å²) in [7, 11) is 4.18. The molecule has 6 heteroatoms. The zero-order chi connectivity index (χ0) is 17.4. The van der Waals surface area contributed by atoms with Crippen LogP contribution in [0, 0.1) is 4.77 Å². The number of fused-ring (bicyclic) bond motifs is 1. The number of nitrogens with zero attached hydrogens (tertiary/aromatic N) is 4. The summed E-state index contributed by atoms with van der Waals surface area (Å²) in [4.78, 5) is 3.68. The average molecular weight is 371 g/mol. The number of rotatable bonds is 5. The maximum atomic E-state index is 5.62. The first kappa shape index (κ1) is 16.7. The molecule has 130 valence electrons. The summed E-state index contributed by atoms with van der Waals surface area (Å²) in [5.41, 5.74) is 2.92. The van der Waals surface area contributed by atoms with Gasteiger partial charge in [-0.1, -0.05) is 30.3 Å². The molecule has 4 nitrogen and oxygen atoms in total. The first-order valence-electron chi connectivity index (χ1n) is 8.56. The molecule has 25 heavy (non-hydrogen) atoms. The largest absolute Gasteiger partial charge is 0.307 e. The van der Waals surface area contributed by atoms with Crippen LogP contribution in [0.4, 0.5) is 0 Å². The van der Waals surface area contributed by atoms with Gasteiger partial charge in [0.05, 0.1) is 6.67 Å². The molecule has 1 unspecified atom stereocenters. The number of hydrogen-bond donors (Lipinski definition) is 0. The first-order valence-corrected chi connectivity index (χ1v) is 9.85. The van der Waals surface area contributed by atoms with Crippen molar-refractivity contribution in [3.05, 3.63) is 68.4 Å². The molecule has 1 aromatic carbocycles. The average Bonchev–Trinajstić information content (AvgIpc) is 3.32. The smallest absolute Gasteiger partial charge is 0.198 e. The second kappa shape index (κ2) is 6.86. The van der Waals surface area contributed by atoms with Gasteiger partial charge in [-0.2, -0.15) is 5.10 Å². The van der Waals surface area contributed by atoms with E-state index >= 15 is 0 Å². The van der Waals surface area contributed by atoms with Gasteiger partial charge in [-0.15, -0.1) is 11.3 Å². The van der Waals surface area contributed by atoms with Gasteiger partial charge >= 0.3 is 0 Å². The number of hydrogen-bond acceptors (Lipinski definition) is 4. The highest BCUT2D eigenvalue weighted by molar-refractivity contribution is 7.71. The lowest BCUT2D eigenvalue weighted by Crippen LogP contribution is -2.26. The van der Waals surface area contributed by atoms with Gasteiger partial charge in [0.15, 0.2) is 4.77 Å². The van der Waals surface area contributed by atoms with E-state index in [9.17, 15) is 0 Å². The lowest BCUT2D eigenvalue weighted by Gasteiger charge is -2.24. The van der Waals surface area contributed by atoms with E-state index in [-0.39, 0.29) is 0 Å². The van der Waals surface area contributed by atoms with Crippen LogP contribution >= 0.6 is 23.6 Å². The van der Waals surface area contributed by atoms with Crippen molar-refractivity contribution >= 4 is 23.6 Å². The summed E-state index contributed by atoms with van der Waals surface area (Å²) in [6, 6.07) is 13.4. The van der Waals surface area contributed by atoms with E-state index in [0.29, 0.717) is 6.04 Å². The van der Waals surface area contributed by atoms with Crippen LogP contribution in [0.2, 0.25) is 0 Å². The minimum absolute atomic E-state index is 0.445. The second-order valence-electron chi connectivity index (χ2n) is 6.67. The molecule has 0 fully saturated rings. The quantitative estimate of drug-likeness (QED) is 0.630. The van der Waals surface area contributed by atoms with Crippen molar-refractivity contribution in [1.82, 2.24) is 19.2 Å². The first-order chi connectivity index (χ1) is 12.1.